The molecular formula is C19H20N6O3S. The van der Waals surface area contributed by atoms with E-state index in [-0.39, 0.29) is 10.7 Å². The molecule has 2 aromatic heterocycles. The van der Waals surface area contributed by atoms with Crippen LogP contribution in [0.4, 0.5) is 5.82 Å². The average Bonchev–Trinajstić information content (AvgIpc) is 3.29. The van der Waals surface area contributed by atoms with Gasteiger partial charge in [0.25, 0.3) is 0 Å². The first-order valence-corrected chi connectivity index (χ1v) is 10.6. The highest BCUT2D eigenvalue weighted by atomic mass is 32.2. The van der Waals surface area contributed by atoms with Crippen molar-refractivity contribution in [3.8, 4) is 5.82 Å². The normalized spacial score (nSPS) is 15.4. The number of rotatable bonds is 5. The Labute approximate surface area is 168 Å². The average molecular weight is 412 g/mol. The molecule has 10 heteroatoms. The molecule has 29 heavy (non-hydrogen) atoms. The molecule has 1 saturated heterocycles. The van der Waals surface area contributed by atoms with Crippen LogP contribution in [0.15, 0.2) is 60.3 Å². The van der Waals surface area contributed by atoms with E-state index in [9.17, 15) is 13.2 Å². The standard InChI is InChI=1S/C19H20N6O3S/c1-15(26)16-3-2-4-17(11-16)29(27,28)25-9-7-23(8-10-25)18-12-19(22-13-21-18)24-6-5-20-14-24/h2-6,11-14H,7-10H2,1H3. The maximum Gasteiger partial charge on any atom is 0.243 e. The van der Waals surface area contributed by atoms with Crippen LogP contribution in [0.3, 0.4) is 0 Å². The van der Waals surface area contributed by atoms with Gasteiger partial charge in [0.1, 0.15) is 24.3 Å². The molecule has 1 aromatic carbocycles. The van der Waals surface area contributed by atoms with Crippen LogP contribution in [0.1, 0.15) is 17.3 Å². The third-order valence-electron chi connectivity index (χ3n) is 4.85. The number of Topliss-reactive ketones (excluding diaryl/α,β-unsaturated/α-hetero) is 1. The molecule has 150 valence electrons. The second-order valence-corrected chi connectivity index (χ2v) is 8.62. The number of benzene rings is 1. The Morgan fingerprint density at radius 1 is 1.03 bits per heavy atom. The maximum absolute atomic E-state index is 13.0. The molecule has 0 unspecified atom stereocenters. The Hall–Kier alpha value is -3.11. The van der Waals surface area contributed by atoms with Crippen LogP contribution in [0, 0.1) is 0 Å². The molecule has 0 spiro atoms. The molecule has 4 rings (SSSR count). The number of anilines is 1. The van der Waals surface area contributed by atoms with Gasteiger partial charge < -0.3 is 4.90 Å². The Morgan fingerprint density at radius 2 is 1.79 bits per heavy atom. The van der Waals surface area contributed by atoms with E-state index in [1.54, 1.807) is 35.4 Å². The first-order chi connectivity index (χ1) is 13.9. The van der Waals surface area contributed by atoms with Gasteiger partial charge >= 0.3 is 0 Å². The lowest BCUT2D eigenvalue weighted by molar-refractivity contribution is 0.101. The van der Waals surface area contributed by atoms with Gasteiger partial charge in [0.2, 0.25) is 10.0 Å². The number of hydrogen-bond acceptors (Lipinski definition) is 7. The third kappa shape index (κ3) is 3.89. The molecule has 0 aliphatic carbocycles. The first-order valence-electron chi connectivity index (χ1n) is 9.11. The van der Waals surface area contributed by atoms with E-state index in [0.717, 1.165) is 5.82 Å². The van der Waals surface area contributed by atoms with Crippen molar-refractivity contribution >= 4 is 21.6 Å². The first kappa shape index (κ1) is 19.2. The van der Waals surface area contributed by atoms with E-state index in [2.05, 4.69) is 15.0 Å². The van der Waals surface area contributed by atoms with E-state index < -0.39 is 10.0 Å². The van der Waals surface area contributed by atoms with Crippen molar-refractivity contribution in [3.63, 3.8) is 0 Å². The quantitative estimate of drug-likeness (QED) is 0.584. The summed E-state index contributed by atoms with van der Waals surface area (Å²) in [5.41, 5.74) is 0.387. The summed E-state index contributed by atoms with van der Waals surface area (Å²) >= 11 is 0. The highest BCUT2D eigenvalue weighted by Crippen LogP contribution is 2.21. The van der Waals surface area contributed by atoms with Crippen molar-refractivity contribution < 1.29 is 13.2 Å². The fourth-order valence-electron chi connectivity index (χ4n) is 3.23. The highest BCUT2D eigenvalue weighted by molar-refractivity contribution is 7.89. The van der Waals surface area contributed by atoms with Gasteiger partial charge in [0.05, 0.1) is 4.90 Å². The lowest BCUT2D eigenvalue weighted by atomic mass is 10.2. The number of hydrogen-bond donors (Lipinski definition) is 0. The number of sulfonamides is 1. The van der Waals surface area contributed by atoms with Crippen LogP contribution in [0.2, 0.25) is 0 Å². The van der Waals surface area contributed by atoms with Crippen molar-refractivity contribution in [2.45, 2.75) is 11.8 Å². The molecule has 1 fully saturated rings. The molecular weight excluding hydrogens is 392 g/mol. The van der Waals surface area contributed by atoms with Gasteiger partial charge in [-0.15, -0.1) is 0 Å². The van der Waals surface area contributed by atoms with Crippen molar-refractivity contribution in [1.29, 1.82) is 0 Å². The SMILES string of the molecule is CC(=O)c1cccc(S(=O)(=O)N2CCN(c3cc(-n4ccnc4)ncn3)CC2)c1. The van der Waals surface area contributed by atoms with E-state index in [4.69, 9.17) is 0 Å². The number of carbonyl (C=O) groups is 1. The zero-order valence-electron chi connectivity index (χ0n) is 15.8. The van der Waals surface area contributed by atoms with Crippen molar-refractivity contribution in [3.05, 3.63) is 60.9 Å². The summed E-state index contributed by atoms with van der Waals surface area (Å²) in [6.07, 6.45) is 6.62. The molecule has 0 N–H and O–H groups in total. The van der Waals surface area contributed by atoms with E-state index in [0.29, 0.717) is 37.6 Å². The summed E-state index contributed by atoms with van der Waals surface area (Å²) in [7, 11) is -3.66. The van der Waals surface area contributed by atoms with Crippen LogP contribution in [0.25, 0.3) is 5.82 Å². The number of imidazole rings is 1. The summed E-state index contributed by atoms with van der Waals surface area (Å²) in [5, 5.41) is 0. The van der Waals surface area contributed by atoms with Crippen molar-refractivity contribution in [2.24, 2.45) is 0 Å². The number of carbonyl (C=O) groups excluding carboxylic acids is 1. The second-order valence-electron chi connectivity index (χ2n) is 6.68. The van der Waals surface area contributed by atoms with Crippen molar-refractivity contribution in [1.82, 2.24) is 23.8 Å². The third-order valence-corrected chi connectivity index (χ3v) is 6.74. The Balaban J connectivity index is 1.49. The predicted molar refractivity (Wildman–Crippen MR) is 107 cm³/mol. The zero-order valence-corrected chi connectivity index (χ0v) is 16.7. The van der Waals surface area contributed by atoms with Gasteiger partial charge in [-0.25, -0.2) is 23.4 Å². The Bertz CT molecular complexity index is 1120. The molecule has 3 aromatic rings. The van der Waals surface area contributed by atoms with Crippen LogP contribution in [-0.4, -0.2) is 64.2 Å². The van der Waals surface area contributed by atoms with Crippen LogP contribution in [-0.2, 0) is 10.0 Å². The Morgan fingerprint density at radius 3 is 2.48 bits per heavy atom. The van der Waals surface area contributed by atoms with Gasteiger partial charge in [-0.3, -0.25) is 9.36 Å². The van der Waals surface area contributed by atoms with Crippen molar-refractivity contribution in [2.75, 3.05) is 31.1 Å². The molecule has 1 aliphatic heterocycles. The molecule has 0 amide bonds. The lowest BCUT2D eigenvalue weighted by Gasteiger charge is -2.34. The van der Waals surface area contributed by atoms with Gasteiger partial charge in [-0.05, 0) is 19.1 Å². The Kier molecular flexibility index (Phi) is 5.12. The molecule has 0 bridgehead atoms. The van der Waals surface area contributed by atoms with Gasteiger partial charge in [-0.1, -0.05) is 12.1 Å². The summed E-state index contributed by atoms with van der Waals surface area (Å²) < 4.78 is 29.2. The number of ketones is 1. The zero-order chi connectivity index (χ0) is 20.4. The smallest absolute Gasteiger partial charge is 0.243 e. The summed E-state index contributed by atoms with van der Waals surface area (Å²) in [6.45, 7) is 3.09. The van der Waals surface area contributed by atoms with Gasteiger partial charge in [0.15, 0.2) is 5.78 Å². The fourth-order valence-corrected chi connectivity index (χ4v) is 4.70. The van der Waals surface area contributed by atoms with Gasteiger partial charge in [-0.2, -0.15) is 4.31 Å². The van der Waals surface area contributed by atoms with E-state index >= 15 is 0 Å². The van der Waals surface area contributed by atoms with E-state index in [1.165, 1.54) is 29.7 Å². The molecule has 9 nitrogen and oxygen atoms in total. The monoisotopic (exact) mass is 412 g/mol. The minimum atomic E-state index is -3.66. The summed E-state index contributed by atoms with van der Waals surface area (Å²) in [6, 6.07) is 8.02. The van der Waals surface area contributed by atoms with E-state index in [1.807, 2.05) is 11.0 Å². The maximum atomic E-state index is 13.0. The lowest BCUT2D eigenvalue weighted by Crippen LogP contribution is -2.49. The largest absolute Gasteiger partial charge is 0.354 e. The number of piperazine rings is 1. The second kappa shape index (κ2) is 7.72. The fraction of sp³-hybridized carbons (Fsp3) is 0.263. The molecule has 1 aliphatic rings. The van der Waals surface area contributed by atoms with Crippen LogP contribution >= 0.6 is 0 Å². The topological polar surface area (TPSA) is 101 Å². The highest BCUT2D eigenvalue weighted by Gasteiger charge is 2.29. The summed E-state index contributed by atoms with van der Waals surface area (Å²) in [4.78, 5) is 26.3. The minimum Gasteiger partial charge on any atom is -0.354 e. The van der Waals surface area contributed by atoms with Gasteiger partial charge in [0, 0.05) is 50.2 Å². The van der Waals surface area contributed by atoms with Crippen LogP contribution in [0.5, 0.6) is 0 Å². The summed E-state index contributed by atoms with van der Waals surface area (Å²) in [5.74, 6) is 1.27. The molecule has 0 radical (unpaired) electrons. The van der Waals surface area contributed by atoms with Crippen LogP contribution < -0.4 is 4.90 Å². The molecule has 3 heterocycles. The number of aromatic nitrogens is 4. The molecule has 0 atom stereocenters. The predicted octanol–water partition coefficient (Wildman–Crippen LogP) is 1.38. The minimum absolute atomic E-state index is 0.142. The molecule has 0 saturated carbocycles. The number of nitrogens with zero attached hydrogens (tertiary/aromatic N) is 6.